The molecule has 10 heteroatoms. The molecule has 0 aliphatic rings. The van der Waals surface area contributed by atoms with E-state index in [-0.39, 0.29) is 4.90 Å². The van der Waals surface area contributed by atoms with Gasteiger partial charge in [0.1, 0.15) is 13.2 Å². The average molecular weight is 528 g/mol. The molecule has 0 bridgehead atoms. The van der Waals surface area contributed by atoms with Crippen molar-refractivity contribution in [2.45, 2.75) is 11.8 Å². The van der Waals surface area contributed by atoms with Gasteiger partial charge in [-0.1, -0.05) is 42.5 Å². The van der Waals surface area contributed by atoms with Crippen LogP contribution in [0.2, 0.25) is 5.02 Å². The molecule has 0 saturated heterocycles. The van der Waals surface area contributed by atoms with Crippen molar-refractivity contribution in [2.24, 2.45) is 5.10 Å². The zero-order valence-electron chi connectivity index (χ0n) is 19.8. The zero-order chi connectivity index (χ0) is 26.1. The number of carbonyl (C=O) groups is 1. The second-order valence-electron chi connectivity index (χ2n) is 7.56. The third-order valence-electron chi connectivity index (χ3n) is 4.99. The number of hydrazone groups is 1. The van der Waals surface area contributed by atoms with Crippen molar-refractivity contribution >= 4 is 39.4 Å². The Morgan fingerprint density at radius 1 is 1.11 bits per heavy atom. The van der Waals surface area contributed by atoms with Gasteiger partial charge in [0.05, 0.1) is 23.9 Å². The number of sulfonamides is 1. The molecule has 0 heterocycles. The van der Waals surface area contributed by atoms with Gasteiger partial charge < -0.3 is 9.47 Å². The second-order valence-corrected chi connectivity index (χ2v) is 9.86. The lowest BCUT2D eigenvalue weighted by Crippen LogP contribution is -2.40. The molecule has 1 N–H and O–H groups in total. The lowest BCUT2D eigenvalue weighted by Gasteiger charge is -2.25. The fraction of sp³-hybridized carbons (Fsp3) is 0.154. The highest BCUT2D eigenvalue weighted by Gasteiger charge is 2.28. The molecule has 0 aliphatic carbocycles. The van der Waals surface area contributed by atoms with Crippen molar-refractivity contribution in [3.8, 4) is 11.5 Å². The van der Waals surface area contributed by atoms with Crippen LogP contribution in [0.15, 0.2) is 89.4 Å². The Labute approximate surface area is 215 Å². The van der Waals surface area contributed by atoms with Crippen molar-refractivity contribution in [1.82, 2.24) is 5.43 Å². The van der Waals surface area contributed by atoms with Gasteiger partial charge in [0.25, 0.3) is 15.9 Å². The summed E-state index contributed by atoms with van der Waals surface area (Å²) in [5, 5.41) is 4.42. The van der Waals surface area contributed by atoms with E-state index in [1.54, 1.807) is 67.6 Å². The van der Waals surface area contributed by atoms with E-state index in [9.17, 15) is 13.2 Å². The number of amides is 1. The van der Waals surface area contributed by atoms with Gasteiger partial charge in [0.15, 0.2) is 11.5 Å². The molecule has 0 unspecified atom stereocenters. The Morgan fingerprint density at radius 2 is 1.86 bits per heavy atom. The van der Waals surface area contributed by atoms with Crippen LogP contribution in [0.1, 0.15) is 11.1 Å². The number of methoxy groups -OCH3 is 1. The minimum absolute atomic E-state index is 0.0570. The van der Waals surface area contributed by atoms with Gasteiger partial charge in [-0.3, -0.25) is 9.10 Å². The molecule has 0 fully saturated rings. The summed E-state index contributed by atoms with van der Waals surface area (Å²) in [4.78, 5) is 12.8. The highest BCUT2D eigenvalue weighted by molar-refractivity contribution is 7.92. The molecule has 0 aromatic heterocycles. The van der Waals surface area contributed by atoms with Gasteiger partial charge >= 0.3 is 0 Å². The topological polar surface area (TPSA) is 97.3 Å². The van der Waals surface area contributed by atoms with E-state index in [1.807, 2.05) is 0 Å². The number of rotatable bonds is 11. The van der Waals surface area contributed by atoms with Gasteiger partial charge in [-0.15, -0.1) is 0 Å². The van der Waals surface area contributed by atoms with Crippen LogP contribution < -0.4 is 19.2 Å². The quantitative estimate of drug-likeness (QED) is 0.224. The first kappa shape index (κ1) is 26.8. The van der Waals surface area contributed by atoms with Crippen molar-refractivity contribution in [3.63, 3.8) is 0 Å². The Morgan fingerprint density at radius 3 is 2.53 bits per heavy atom. The lowest BCUT2D eigenvalue weighted by molar-refractivity contribution is -0.119. The Hall–Kier alpha value is -3.82. The number of benzene rings is 3. The van der Waals surface area contributed by atoms with E-state index >= 15 is 0 Å². The third kappa shape index (κ3) is 6.65. The van der Waals surface area contributed by atoms with E-state index in [4.69, 9.17) is 21.1 Å². The second kappa shape index (κ2) is 12.2. The molecule has 3 rings (SSSR count). The van der Waals surface area contributed by atoms with Crippen LogP contribution >= 0.6 is 11.6 Å². The molecule has 36 heavy (non-hydrogen) atoms. The maximum Gasteiger partial charge on any atom is 0.264 e. The van der Waals surface area contributed by atoms with Crippen LogP contribution in [0.4, 0.5) is 5.69 Å². The Balaban J connectivity index is 1.80. The van der Waals surface area contributed by atoms with Crippen molar-refractivity contribution in [3.05, 3.63) is 95.5 Å². The summed E-state index contributed by atoms with van der Waals surface area (Å²) < 4.78 is 38.7. The Kier molecular flexibility index (Phi) is 9.10. The van der Waals surface area contributed by atoms with Gasteiger partial charge in [-0.05, 0) is 66.6 Å². The summed E-state index contributed by atoms with van der Waals surface area (Å²) >= 11 is 6.05. The number of carbonyl (C=O) groups excluding carboxylic acids is 1. The van der Waals surface area contributed by atoms with E-state index in [1.165, 1.54) is 25.5 Å². The maximum atomic E-state index is 13.4. The molecule has 8 nitrogen and oxygen atoms in total. The largest absolute Gasteiger partial charge is 0.493 e. The van der Waals surface area contributed by atoms with Gasteiger partial charge in [0.2, 0.25) is 0 Å². The number of nitrogens with zero attached hydrogens (tertiary/aromatic N) is 2. The molecular weight excluding hydrogens is 502 g/mol. The fourth-order valence-corrected chi connectivity index (χ4v) is 5.03. The van der Waals surface area contributed by atoms with Crippen LogP contribution in [0.25, 0.3) is 0 Å². The number of anilines is 1. The molecular formula is C26H26ClN3O5S. The zero-order valence-corrected chi connectivity index (χ0v) is 21.4. The maximum absolute atomic E-state index is 13.4. The van der Waals surface area contributed by atoms with Crippen LogP contribution in [-0.4, -0.2) is 40.8 Å². The first-order chi connectivity index (χ1) is 17.3. The minimum Gasteiger partial charge on any atom is -0.493 e. The van der Waals surface area contributed by atoms with Crippen molar-refractivity contribution in [1.29, 1.82) is 0 Å². The summed E-state index contributed by atoms with van der Waals surface area (Å²) in [6, 6.07) is 17.8. The average Bonchev–Trinajstić information content (AvgIpc) is 2.87. The molecule has 3 aromatic rings. The highest BCUT2D eigenvalue weighted by Crippen LogP contribution is 2.29. The predicted molar refractivity (Wildman–Crippen MR) is 142 cm³/mol. The molecule has 188 valence electrons. The summed E-state index contributed by atoms with van der Waals surface area (Å²) in [7, 11) is -2.53. The molecule has 3 aromatic carbocycles. The summed E-state index contributed by atoms with van der Waals surface area (Å²) in [6.07, 6.45) is 3.04. The molecule has 0 radical (unpaired) electrons. The molecule has 0 aliphatic heterocycles. The normalized spacial score (nSPS) is 11.2. The first-order valence-corrected chi connectivity index (χ1v) is 12.7. The van der Waals surface area contributed by atoms with Crippen molar-refractivity contribution < 1.29 is 22.7 Å². The number of hydrogen-bond donors (Lipinski definition) is 1. The van der Waals surface area contributed by atoms with Gasteiger partial charge in [-0.2, -0.15) is 5.10 Å². The molecule has 1 amide bonds. The molecule has 0 spiro atoms. The number of nitrogens with one attached hydrogen (secondary N) is 1. The van der Waals surface area contributed by atoms with Crippen molar-refractivity contribution in [2.75, 3.05) is 24.6 Å². The fourth-order valence-electron chi connectivity index (χ4n) is 3.30. The standard InChI is InChI=1S/C26H26ClN3O5S/c1-4-14-35-24-13-10-20(16-25(24)34-3)17-28-29-26(31)18-30(23-12-11-21(27)15-19(23)2)36(32,33)22-8-6-5-7-9-22/h4-13,15-17H,1,14,18H2,2-3H3,(H,29,31)/b28-17-. The van der Waals surface area contributed by atoms with Gasteiger partial charge in [-0.25, -0.2) is 13.8 Å². The number of ether oxygens (including phenoxy) is 2. The van der Waals surface area contributed by atoms with Crippen LogP contribution in [0.5, 0.6) is 11.5 Å². The Bertz CT molecular complexity index is 1360. The molecule has 0 atom stereocenters. The minimum atomic E-state index is -4.04. The predicted octanol–water partition coefficient (Wildman–Crippen LogP) is 4.57. The number of halogens is 1. The van der Waals surface area contributed by atoms with Gasteiger partial charge in [0, 0.05) is 5.02 Å². The molecule has 0 saturated carbocycles. The third-order valence-corrected chi connectivity index (χ3v) is 7.00. The van der Waals surface area contributed by atoms with E-state index < -0.39 is 22.5 Å². The number of hydrogen-bond acceptors (Lipinski definition) is 6. The lowest BCUT2D eigenvalue weighted by atomic mass is 10.2. The van der Waals surface area contributed by atoms with E-state index in [2.05, 4.69) is 17.1 Å². The SMILES string of the molecule is C=CCOc1ccc(/C=N\NC(=O)CN(c2ccc(Cl)cc2C)S(=O)(=O)c2ccccc2)cc1OC. The summed E-state index contributed by atoms with van der Waals surface area (Å²) in [5.41, 5.74) is 3.96. The summed E-state index contributed by atoms with van der Waals surface area (Å²) in [6.45, 7) is 5.17. The smallest absolute Gasteiger partial charge is 0.264 e. The van der Waals surface area contributed by atoms with E-state index in [0.717, 1.165) is 4.31 Å². The monoisotopic (exact) mass is 527 g/mol. The highest BCUT2D eigenvalue weighted by atomic mass is 35.5. The van der Waals surface area contributed by atoms with Crippen LogP contribution in [-0.2, 0) is 14.8 Å². The number of aryl methyl sites for hydroxylation is 1. The first-order valence-electron chi connectivity index (χ1n) is 10.8. The van der Waals surface area contributed by atoms with Crippen LogP contribution in [0, 0.1) is 6.92 Å². The summed E-state index contributed by atoms with van der Waals surface area (Å²) in [5.74, 6) is 0.405. The van der Waals surface area contributed by atoms with Crippen LogP contribution in [0.3, 0.4) is 0 Å². The van der Waals surface area contributed by atoms with E-state index in [0.29, 0.717) is 39.9 Å².